The number of likely N-dealkylation sites (tertiary alicyclic amines) is 1. The number of hydrogen-bond donors (Lipinski definition) is 1. The summed E-state index contributed by atoms with van der Waals surface area (Å²) in [5.74, 6) is 1.53. The second-order valence-corrected chi connectivity index (χ2v) is 6.33. The van der Waals surface area contributed by atoms with Crippen molar-refractivity contribution < 1.29 is 4.74 Å². The Hall–Kier alpha value is -0.900. The molecule has 20 heavy (non-hydrogen) atoms. The van der Waals surface area contributed by atoms with Gasteiger partial charge in [-0.3, -0.25) is 4.90 Å². The topological polar surface area (TPSA) is 38.5 Å². The molecular formula is C17H28N2O. The van der Waals surface area contributed by atoms with Crippen LogP contribution in [0.3, 0.4) is 0 Å². The van der Waals surface area contributed by atoms with E-state index in [0.29, 0.717) is 19.2 Å². The third-order valence-corrected chi connectivity index (χ3v) is 4.24. The number of nitrogens with two attached hydrogens (primary N) is 1. The minimum absolute atomic E-state index is 0.344. The molecule has 1 aliphatic rings. The Labute approximate surface area is 123 Å². The third kappa shape index (κ3) is 3.81. The highest BCUT2D eigenvalue weighted by Crippen LogP contribution is 2.29. The zero-order chi connectivity index (χ0) is 14.5. The van der Waals surface area contributed by atoms with Gasteiger partial charge in [0.1, 0.15) is 0 Å². The van der Waals surface area contributed by atoms with E-state index < -0.39 is 0 Å². The molecule has 0 amide bonds. The van der Waals surface area contributed by atoms with Gasteiger partial charge in [-0.15, -0.1) is 0 Å². The second-order valence-electron chi connectivity index (χ2n) is 6.33. The molecule has 0 bridgehead atoms. The zero-order valence-corrected chi connectivity index (χ0v) is 13.0. The summed E-state index contributed by atoms with van der Waals surface area (Å²) in [4.78, 5) is 2.56. The average Bonchev–Trinajstić information content (AvgIpc) is 2.41. The summed E-state index contributed by atoms with van der Waals surface area (Å²) in [6.45, 7) is 8.36. The van der Waals surface area contributed by atoms with Crippen LogP contribution in [0.1, 0.15) is 37.4 Å². The molecule has 1 saturated heterocycles. The molecule has 3 heteroatoms. The Balaban J connectivity index is 2.10. The van der Waals surface area contributed by atoms with Gasteiger partial charge in [0.2, 0.25) is 0 Å². The van der Waals surface area contributed by atoms with Gasteiger partial charge in [-0.1, -0.05) is 38.1 Å². The molecule has 3 nitrogen and oxygen atoms in total. The molecule has 3 atom stereocenters. The maximum Gasteiger partial charge on any atom is 0.0713 e. The zero-order valence-electron chi connectivity index (χ0n) is 13.0. The molecule has 3 unspecified atom stereocenters. The Kier molecular flexibility index (Phi) is 5.58. The Morgan fingerprint density at radius 3 is 2.30 bits per heavy atom. The van der Waals surface area contributed by atoms with E-state index >= 15 is 0 Å². The third-order valence-electron chi connectivity index (χ3n) is 4.24. The first kappa shape index (κ1) is 15.5. The summed E-state index contributed by atoms with van der Waals surface area (Å²) in [5, 5.41) is 0. The van der Waals surface area contributed by atoms with Crippen LogP contribution >= 0.6 is 0 Å². The van der Waals surface area contributed by atoms with Crippen LogP contribution in [0.5, 0.6) is 0 Å². The molecule has 0 spiro atoms. The van der Waals surface area contributed by atoms with Crippen LogP contribution in [-0.2, 0) is 11.3 Å². The maximum atomic E-state index is 6.06. The highest BCUT2D eigenvalue weighted by Gasteiger charge is 2.27. The molecule has 1 heterocycles. The minimum Gasteiger partial charge on any atom is -0.380 e. The summed E-state index contributed by atoms with van der Waals surface area (Å²) in [5.41, 5.74) is 8.60. The smallest absolute Gasteiger partial charge is 0.0713 e. The monoisotopic (exact) mass is 276 g/mol. The van der Waals surface area contributed by atoms with Gasteiger partial charge in [0.05, 0.1) is 6.61 Å². The molecule has 1 aromatic carbocycles. The van der Waals surface area contributed by atoms with Crippen molar-refractivity contribution in [2.45, 2.75) is 32.9 Å². The van der Waals surface area contributed by atoms with Crippen LogP contribution in [0.15, 0.2) is 24.3 Å². The van der Waals surface area contributed by atoms with E-state index in [4.69, 9.17) is 10.5 Å². The van der Waals surface area contributed by atoms with Crippen LogP contribution in [-0.4, -0.2) is 31.6 Å². The van der Waals surface area contributed by atoms with Crippen LogP contribution in [0.4, 0.5) is 0 Å². The molecule has 112 valence electrons. The number of piperidine rings is 1. The Morgan fingerprint density at radius 2 is 1.80 bits per heavy atom. The van der Waals surface area contributed by atoms with Crippen LogP contribution in [0, 0.1) is 11.8 Å². The number of nitrogens with zero attached hydrogens (tertiary/aromatic N) is 1. The fraction of sp³-hybridized carbons (Fsp3) is 0.647. The van der Waals surface area contributed by atoms with E-state index in [-0.39, 0.29) is 0 Å². The lowest BCUT2D eigenvalue weighted by molar-refractivity contribution is 0.0984. The summed E-state index contributed by atoms with van der Waals surface area (Å²) >= 11 is 0. The van der Waals surface area contributed by atoms with E-state index in [1.54, 1.807) is 7.11 Å². The first-order valence-electron chi connectivity index (χ1n) is 7.66. The van der Waals surface area contributed by atoms with Gasteiger partial charge in [0, 0.05) is 32.8 Å². The molecular weight excluding hydrogens is 248 g/mol. The van der Waals surface area contributed by atoms with Crippen LogP contribution in [0.2, 0.25) is 0 Å². The average molecular weight is 276 g/mol. The maximum absolute atomic E-state index is 6.06. The predicted octanol–water partition coefficient (Wildman–Crippen LogP) is 2.81. The largest absolute Gasteiger partial charge is 0.380 e. The standard InChI is InChI=1S/C17H28N2O/c1-13-8-14(2)11-19(10-13)17(9-18)16-6-4-15(5-7-16)12-20-3/h4-7,13-14,17H,8-12,18H2,1-3H3. The van der Waals surface area contributed by atoms with Gasteiger partial charge in [0.25, 0.3) is 0 Å². The fourth-order valence-corrected chi connectivity index (χ4v) is 3.46. The number of rotatable bonds is 5. The van der Waals surface area contributed by atoms with Gasteiger partial charge < -0.3 is 10.5 Å². The number of benzene rings is 1. The van der Waals surface area contributed by atoms with Crippen molar-refractivity contribution in [3.63, 3.8) is 0 Å². The van der Waals surface area contributed by atoms with E-state index in [1.807, 2.05) is 0 Å². The molecule has 1 fully saturated rings. The Morgan fingerprint density at radius 1 is 1.20 bits per heavy atom. The van der Waals surface area contributed by atoms with Crippen LogP contribution < -0.4 is 5.73 Å². The van der Waals surface area contributed by atoms with Gasteiger partial charge >= 0.3 is 0 Å². The summed E-state index contributed by atoms with van der Waals surface area (Å²) in [7, 11) is 1.73. The first-order valence-corrected chi connectivity index (χ1v) is 7.66. The molecule has 0 saturated carbocycles. The Bertz CT molecular complexity index is 394. The van der Waals surface area contributed by atoms with Crippen molar-refractivity contribution >= 4 is 0 Å². The van der Waals surface area contributed by atoms with E-state index in [2.05, 4.69) is 43.0 Å². The van der Waals surface area contributed by atoms with Gasteiger partial charge in [-0.2, -0.15) is 0 Å². The van der Waals surface area contributed by atoms with Crippen molar-refractivity contribution in [3.05, 3.63) is 35.4 Å². The minimum atomic E-state index is 0.344. The van der Waals surface area contributed by atoms with Gasteiger partial charge in [-0.25, -0.2) is 0 Å². The molecule has 2 N–H and O–H groups in total. The van der Waals surface area contributed by atoms with Crippen LogP contribution in [0.25, 0.3) is 0 Å². The lowest BCUT2D eigenvalue weighted by Gasteiger charge is -2.40. The lowest BCUT2D eigenvalue weighted by Crippen LogP contribution is -2.43. The van der Waals surface area contributed by atoms with Crippen molar-refractivity contribution in [1.29, 1.82) is 0 Å². The van der Waals surface area contributed by atoms with Crippen molar-refractivity contribution in [2.75, 3.05) is 26.7 Å². The first-order chi connectivity index (χ1) is 9.63. The summed E-state index contributed by atoms with van der Waals surface area (Å²) in [6, 6.07) is 9.05. The van der Waals surface area contributed by atoms with Crippen molar-refractivity contribution in [1.82, 2.24) is 4.90 Å². The fourth-order valence-electron chi connectivity index (χ4n) is 3.46. The number of hydrogen-bond acceptors (Lipinski definition) is 3. The summed E-state index contributed by atoms with van der Waals surface area (Å²) in [6.07, 6.45) is 1.33. The molecule has 0 aliphatic carbocycles. The summed E-state index contributed by atoms with van der Waals surface area (Å²) < 4.78 is 5.16. The normalized spacial score (nSPS) is 25.6. The molecule has 2 rings (SSSR count). The quantitative estimate of drug-likeness (QED) is 0.898. The van der Waals surface area contributed by atoms with Gasteiger partial charge in [0.15, 0.2) is 0 Å². The SMILES string of the molecule is COCc1ccc(C(CN)N2CC(C)CC(C)C2)cc1. The predicted molar refractivity (Wildman–Crippen MR) is 83.5 cm³/mol. The van der Waals surface area contributed by atoms with E-state index in [0.717, 1.165) is 24.9 Å². The van der Waals surface area contributed by atoms with Crippen molar-refractivity contribution in [3.8, 4) is 0 Å². The van der Waals surface area contributed by atoms with Crippen molar-refractivity contribution in [2.24, 2.45) is 17.6 Å². The van der Waals surface area contributed by atoms with E-state index in [1.165, 1.54) is 17.5 Å². The molecule has 1 aliphatic heterocycles. The molecule has 1 aromatic rings. The molecule has 0 radical (unpaired) electrons. The molecule has 0 aromatic heterocycles. The van der Waals surface area contributed by atoms with E-state index in [9.17, 15) is 0 Å². The second kappa shape index (κ2) is 7.21. The van der Waals surface area contributed by atoms with Gasteiger partial charge in [-0.05, 0) is 29.4 Å². The highest BCUT2D eigenvalue weighted by atomic mass is 16.5. The highest BCUT2D eigenvalue weighted by molar-refractivity contribution is 5.25. The lowest BCUT2D eigenvalue weighted by atomic mass is 9.89. The number of ether oxygens (including phenoxy) is 1. The number of methoxy groups -OCH3 is 1.